The fourth-order valence-corrected chi connectivity index (χ4v) is 1.23. The van der Waals surface area contributed by atoms with E-state index in [2.05, 4.69) is 26.0 Å². The maximum Gasteiger partial charge on any atom is 0.312 e. The van der Waals surface area contributed by atoms with Crippen LogP contribution in [-0.2, 0) is 11.3 Å². The molecule has 1 aromatic heterocycles. The Morgan fingerprint density at radius 3 is 2.72 bits per heavy atom. The van der Waals surface area contributed by atoms with Crippen LogP contribution in [0.1, 0.15) is 5.82 Å². The van der Waals surface area contributed by atoms with E-state index in [0.717, 1.165) is 0 Å². The summed E-state index contributed by atoms with van der Waals surface area (Å²) in [6.45, 7) is 1.16. The molecule has 1 rings (SSSR count). The number of nitrogen functional groups attached to an aromatic ring is 1. The van der Waals surface area contributed by atoms with Gasteiger partial charge in [-0.3, -0.25) is 0 Å². The molecule has 0 aliphatic carbocycles. The van der Waals surface area contributed by atoms with Crippen LogP contribution >= 0.6 is 0 Å². The monoisotopic (exact) mass is 255 g/mol. The number of nitrogens with two attached hydrogens (primary N) is 2. The zero-order valence-electron chi connectivity index (χ0n) is 10.1. The van der Waals surface area contributed by atoms with Crippen molar-refractivity contribution in [2.24, 2.45) is 11.6 Å². The number of ether oxygens (including phenoxy) is 1. The molecule has 0 aliphatic heterocycles. The maximum atomic E-state index is 10.5. The summed E-state index contributed by atoms with van der Waals surface area (Å²) in [4.78, 5) is 18.8. The van der Waals surface area contributed by atoms with Gasteiger partial charge in [0.1, 0.15) is 18.2 Å². The molecule has 0 saturated carbocycles. The number of anilines is 2. The fraction of sp³-hybridized carbons (Fsp3) is 0.444. The lowest BCUT2D eigenvalue weighted by Gasteiger charge is -2.09. The second-order valence-electron chi connectivity index (χ2n) is 3.35. The van der Waals surface area contributed by atoms with E-state index in [9.17, 15) is 4.79 Å². The summed E-state index contributed by atoms with van der Waals surface area (Å²) < 4.78 is 4.94. The van der Waals surface area contributed by atoms with E-state index in [4.69, 9.17) is 16.3 Å². The largest absolute Gasteiger partial charge is 0.377 e. The average Bonchev–Trinajstić information content (AvgIpc) is 2.34. The predicted molar refractivity (Wildman–Crippen MR) is 66.6 cm³/mol. The van der Waals surface area contributed by atoms with E-state index in [1.807, 2.05) is 0 Å². The number of hydrogen-bond donors (Lipinski definition) is 5. The van der Waals surface area contributed by atoms with Gasteiger partial charge in [0.2, 0.25) is 0 Å². The highest BCUT2D eigenvalue weighted by Gasteiger charge is 2.03. The van der Waals surface area contributed by atoms with Gasteiger partial charge in [-0.1, -0.05) is 0 Å². The Bertz CT molecular complexity index is 399. The van der Waals surface area contributed by atoms with Crippen molar-refractivity contribution >= 4 is 17.7 Å². The summed E-state index contributed by atoms with van der Waals surface area (Å²) >= 11 is 0. The lowest BCUT2D eigenvalue weighted by molar-refractivity contribution is 0.178. The number of primary amides is 1. The lowest BCUT2D eigenvalue weighted by atomic mass is 10.4. The van der Waals surface area contributed by atoms with Crippen molar-refractivity contribution in [1.82, 2.24) is 15.3 Å². The van der Waals surface area contributed by atoms with Gasteiger partial charge < -0.3 is 26.5 Å². The van der Waals surface area contributed by atoms with E-state index >= 15 is 0 Å². The van der Waals surface area contributed by atoms with Crippen molar-refractivity contribution < 1.29 is 9.53 Å². The van der Waals surface area contributed by atoms with Gasteiger partial charge in [0.25, 0.3) is 0 Å². The predicted octanol–water partition coefficient (Wildman–Crippen LogP) is -1.01. The van der Waals surface area contributed by atoms with Crippen LogP contribution in [0.3, 0.4) is 0 Å². The Balaban J connectivity index is 2.57. The molecule has 18 heavy (non-hydrogen) atoms. The molecule has 0 unspecified atom stereocenters. The van der Waals surface area contributed by atoms with Crippen molar-refractivity contribution in [3.63, 3.8) is 0 Å². The van der Waals surface area contributed by atoms with Crippen molar-refractivity contribution in [3.05, 3.63) is 11.9 Å². The molecule has 1 heterocycles. The number of carbonyl (C=O) groups excluding carboxylic acids is 1. The van der Waals surface area contributed by atoms with E-state index in [1.54, 1.807) is 13.2 Å². The van der Waals surface area contributed by atoms with Crippen molar-refractivity contribution in [2.45, 2.75) is 6.61 Å². The number of nitrogens with one attached hydrogen (secondary N) is 3. The van der Waals surface area contributed by atoms with Gasteiger partial charge in [0.05, 0.1) is 0 Å². The summed E-state index contributed by atoms with van der Waals surface area (Å²) in [7, 11) is 1.55. The summed E-state index contributed by atoms with van der Waals surface area (Å²) in [6.07, 6.45) is 0. The lowest BCUT2D eigenvalue weighted by Crippen LogP contribution is -2.33. The molecule has 0 aromatic carbocycles. The second-order valence-corrected chi connectivity index (χ2v) is 3.35. The van der Waals surface area contributed by atoms with Crippen molar-refractivity contribution in [2.75, 3.05) is 30.9 Å². The van der Waals surface area contributed by atoms with Crippen molar-refractivity contribution in [3.8, 4) is 0 Å². The summed E-state index contributed by atoms with van der Waals surface area (Å²) in [5.74, 6) is 6.85. The minimum absolute atomic E-state index is 0.281. The van der Waals surface area contributed by atoms with Crippen molar-refractivity contribution in [1.29, 1.82) is 0 Å². The van der Waals surface area contributed by atoms with E-state index < -0.39 is 6.03 Å². The van der Waals surface area contributed by atoms with Crippen LogP contribution < -0.4 is 27.6 Å². The highest BCUT2D eigenvalue weighted by molar-refractivity contribution is 5.71. The molecular weight excluding hydrogens is 238 g/mol. The molecule has 2 amide bonds. The Morgan fingerprint density at radius 2 is 2.11 bits per heavy atom. The highest BCUT2D eigenvalue weighted by Crippen LogP contribution is 2.10. The topological polar surface area (TPSA) is 140 Å². The minimum Gasteiger partial charge on any atom is -0.377 e. The third-order valence-electron chi connectivity index (χ3n) is 1.92. The molecule has 0 bridgehead atoms. The summed E-state index contributed by atoms with van der Waals surface area (Å²) in [6, 6.07) is 1.08. The molecule has 9 nitrogen and oxygen atoms in total. The first-order valence-electron chi connectivity index (χ1n) is 5.26. The van der Waals surface area contributed by atoms with E-state index in [0.29, 0.717) is 30.5 Å². The molecule has 100 valence electrons. The molecule has 0 radical (unpaired) electrons. The standard InChI is InChI=1S/C9H17N7O2/c1-18-5-8-14-6(4-7(15-8)16-11)12-2-3-13-9(10)17/h4H,2-3,5,11H2,1H3,(H3,10,13,17)(H2,12,14,15,16). The number of amides is 2. The molecule has 9 heteroatoms. The van der Waals surface area contributed by atoms with E-state index in [1.165, 1.54) is 0 Å². The zero-order valence-corrected chi connectivity index (χ0v) is 10.1. The number of aromatic nitrogens is 2. The highest BCUT2D eigenvalue weighted by atomic mass is 16.5. The molecule has 0 aliphatic rings. The van der Waals surface area contributed by atoms with Gasteiger partial charge in [-0.15, -0.1) is 0 Å². The molecule has 0 atom stereocenters. The van der Waals surface area contributed by atoms with Gasteiger partial charge in [-0.2, -0.15) is 0 Å². The van der Waals surface area contributed by atoms with Crippen LogP contribution in [0, 0.1) is 0 Å². The molecule has 0 spiro atoms. The van der Waals surface area contributed by atoms with Gasteiger partial charge in [-0.05, 0) is 0 Å². The Kier molecular flexibility index (Phi) is 5.61. The van der Waals surface area contributed by atoms with Crippen LogP contribution in [0.4, 0.5) is 16.4 Å². The van der Waals surface area contributed by atoms with Gasteiger partial charge in [0.15, 0.2) is 5.82 Å². The third-order valence-corrected chi connectivity index (χ3v) is 1.92. The number of hydrogen-bond acceptors (Lipinski definition) is 7. The first-order valence-corrected chi connectivity index (χ1v) is 5.26. The van der Waals surface area contributed by atoms with Gasteiger partial charge >= 0.3 is 6.03 Å². The molecule has 7 N–H and O–H groups in total. The quantitative estimate of drug-likeness (QED) is 0.239. The smallest absolute Gasteiger partial charge is 0.312 e. The van der Waals surface area contributed by atoms with Gasteiger partial charge in [0, 0.05) is 26.3 Å². The maximum absolute atomic E-state index is 10.5. The zero-order chi connectivity index (χ0) is 13.4. The van der Waals surface area contributed by atoms with Gasteiger partial charge in [-0.25, -0.2) is 20.6 Å². The minimum atomic E-state index is -0.566. The number of methoxy groups -OCH3 is 1. The molecular formula is C9H17N7O2. The number of nitrogens with zero attached hydrogens (tertiary/aromatic N) is 2. The number of hydrazine groups is 1. The SMILES string of the molecule is COCc1nc(NN)cc(NCCNC(N)=O)n1. The normalized spacial score (nSPS) is 9.89. The Labute approximate surface area is 104 Å². The van der Waals surface area contributed by atoms with Crippen LogP contribution in [0.5, 0.6) is 0 Å². The molecule has 1 aromatic rings. The summed E-state index contributed by atoms with van der Waals surface area (Å²) in [5.41, 5.74) is 7.37. The van der Waals surface area contributed by atoms with E-state index in [-0.39, 0.29) is 6.61 Å². The Hall–Kier alpha value is -2.13. The average molecular weight is 255 g/mol. The Morgan fingerprint density at radius 1 is 1.39 bits per heavy atom. The first kappa shape index (κ1) is 13.9. The van der Waals surface area contributed by atoms with Crippen LogP contribution in [-0.4, -0.2) is 36.2 Å². The molecule has 0 fully saturated rings. The summed E-state index contributed by atoms with van der Waals surface area (Å²) in [5, 5.41) is 5.45. The van der Waals surface area contributed by atoms with Crippen LogP contribution in [0.15, 0.2) is 6.07 Å². The second kappa shape index (κ2) is 7.25. The first-order chi connectivity index (χ1) is 8.65. The number of urea groups is 1. The van der Waals surface area contributed by atoms with Crippen LogP contribution in [0.25, 0.3) is 0 Å². The molecule has 0 saturated heterocycles. The fourth-order valence-electron chi connectivity index (χ4n) is 1.23. The number of rotatable bonds is 7. The number of carbonyl (C=O) groups is 1. The van der Waals surface area contributed by atoms with Crippen LogP contribution in [0.2, 0.25) is 0 Å². The third kappa shape index (κ3) is 4.80.